The van der Waals surface area contributed by atoms with Gasteiger partial charge in [-0.05, 0) is 41.3 Å². The molecular weight excluding hydrogens is 381 g/mol. The second kappa shape index (κ2) is 10.3. The number of hydrogen-bond donors (Lipinski definition) is 1. The van der Waals surface area contributed by atoms with E-state index < -0.39 is 6.89 Å². The molecule has 0 spiro atoms. The minimum absolute atomic E-state index is 0.905. The average Bonchev–Trinajstić information content (AvgIpc) is 2.84. The van der Waals surface area contributed by atoms with Crippen LogP contribution in [0.3, 0.4) is 0 Å². The predicted octanol–water partition coefficient (Wildman–Crippen LogP) is 4.96. The Labute approximate surface area is 180 Å². The standard InChI is InChI=1S/C28H28NP/c1-5-14-25(15-6-1)24-29-22-13-23-30(26-16-7-2-8-17-26,27-18-9-3-10-19-27)28-20-11-4-12-21-28/h1-12,14-21,23,29H,13,22,24H2. The number of rotatable bonds is 8. The monoisotopic (exact) mass is 409 g/mol. The van der Waals surface area contributed by atoms with Crippen LogP contribution in [0.25, 0.3) is 0 Å². The Bertz CT molecular complexity index is 971. The first-order valence-electron chi connectivity index (χ1n) is 10.5. The molecule has 4 aromatic carbocycles. The molecule has 2 heteroatoms. The van der Waals surface area contributed by atoms with E-state index in [-0.39, 0.29) is 0 Å². The Hall–Kier alpha value is -2.86. The molecule has 4 aromatic rings. The van der Waals surface area contributed by atoms with Crippen LogP contribution in [0.15, 0.2) is 121 Å². The van der Waals surface area contributed by atoms with Crippen LogP contribution in [0.5, 0.6) is 0 Å². The molecule has 0 aromatic heterocycles. The molecule has 30 heavy (non-hydrogen) atoms. The molecule has 1 nitrogen and oxygen atoms in total. The van der Waals surface area contributed by atoms with Crippen LogP contribution in [-0.2, 0) is 6.54 Å². The van der Waals surface area contributed by atoms with Gasteiger partial charge in [-0.2, -0.15) is 0 Å². The summed E-state index contributed by atoms with van der Waals surface area (Å²) in [5, 5.41) is 7.84. The van der Waals surface area contributed by atoms with Gasteiger partial charge in [0, 0.05) is 6.54 Å². The van der Waals surface area contributed by atoms with Crippen molar-refractivity contribution in [2.45, 2.75) is 13.0 Å². The van der Waals surface area contributed by atoms with Crippen molar-refractivity contribution >= 4 is 28.6 Å². The summed E-state index contributed by atoms with van der Waals surface area (Å²) in [6, 6.07) is 43.7. The lowest BCUT2D eigenvalue weighted by atomic mass is 10.2. The second-order valence-electron chi connectivity index (χ2n) is 7.36. The first-order valence-corrected chi connectivity index (χ1v) is 12.4. The van der Waals surface area contributed by atoms with Crippen LogP contribution in [0, 0.1) is 0 Å². The predicted molar refractivity (Wildman–Crippen MR) is 134 cm³/mol. The zero-order valence-corrected chi connectivity index (χ0v) is 18.1. The Morgan fingerprint density at radius 3 is 1.37 bits per heavy atom. The highest BCUT2D eigenvalue weighted by Crippen LogP contribution is 2.43. The van der Waals surface area contributed by atoms with Crippen molar-refractivity contribution in [1.29, 1.82) is 0 Å². The zero-order chi connectivity index (χ0) is 20.5. The maximum Gasteiger partial charge on any atom is 0.0205 e. The van der Waals surface area contributed by atoms with Crippen molar-refractivity contribution in [3.63, 3.8) is 0 Å². The van der Waals surface area contributed by atoms with Crippen molar-refractivity contribution in [2.75, 3.05) is 6.54 Å². The third-order valence-electron chi connectivity index (χ3n) is 5.39. The van der Waals surface area contributed by atoms with Crippen LogP contribution < -0.4 is 21.2 Å². The van der Waals surface area contributed by atoms with Gasteiger partial charge in [-0.25, -0.2) is 0 Å². The van der Waals surface area contributed by atoms with Gasteiger partial charge < -0.3 is 5.32 Å². The van der Waals surface area contributed by atoms with E-state index in [9.17, 15) is 0 Å². The Kier molecular flexibility index (Phi) is 6.98. The van der Waals surface area contributed by atoms with Gasteiger partial charge >= 0.3 is 0 Å². The van der Waals surface area contributed by atoms with Gasteiger partial charge in [0.15, 0.2) is 0 Å². The third kappa shape index (κ3) is 4.65. The fourth-order valence-corrected chi connectivity index (χ4v) is 7.91. The van der Waals surface area contributed by atoms with Gasteiger partial charge in [0.1, 0.15) is 0 Å². The van der Waals surface area contributed by atoms with E-state index >= 15 is 0 Å². The fourth-order valence-electron chi connectivity index (χ4n) is 3.94. The molecule has 0 unspecified atom stereocenters. The Morgan fingerprint density at radius 2 is 0.933 bits per heavy atom. The quantitative estimate of drug-likeness (QED) is 0.320. The molecule has 0 aliphatic carbocycles. The normalized spacial score (nSPS) is 11.2. The molecule has 4 rings (SSSR count). The summed E-state index contributed by atoms with van der Waals surface area (Å²) in [6.45, 7) is 0.0359. The van der Waals surface area contributed by atoms with Crippen molar-refractivity contribution in [3.8, 4) is 0 Å². The molecule has 0 bridgehead atoms. The topological polar surface area (TPSA) is 12.0 Å². The molecule has 0 saturated heterocycles. The van der Waals surface area contributed by atoms with Crippen molar-refractivity contribution < 1.29 is 0 Å². The maximum atomic E-state index is 3.62. The molecule has 0 heterocycles. The highest BCUT2D eigenvalue weighted by molar-refractivity contribution is 7.94. The lowest BCUT2D eigenvalue weighted by molar-refractivity contribution is 0.709. The van der Waals surface area contributed by atoms with Gasteiger partial charge in [0.2, 0.25) is 0 Å². The van der Waals surface area contributed by atoms with Gasteiger partial charge in [0.05, 0.1) is 0 Å². The zero-order valence-electron chi connectivity index (χ0n) is 17.2. The summed E-state index contributed by atoms with van der Waals surface area (Å²) in [5.41, 5.74) is 1.33. The summed E-state index contributed by atoms with van der Waals surface area (Å²) >= 11 is 0. The smallest absolute Gasteiger partial charge is 0.0205 e. The van der Waals surface area contributed by atoms with E-state index in [1.807, 2.05) is 0 Å². The van der Waals surface area contributed by atoms with Crippen LogP contribution >= 0.6 is 6.89 Å². The highest BCUT2D eigenvalue weighted by atomic mass is 31.2. The third-order valence-corrected chi connectivity index (χ3v) is 9.53. The lowest BCUT2D eigenvalue weighted by Gasteiger charge is -2.29. The van der Waals surface area contributed by atoms with Gasteiger partial charge in [-0.1, -0.05) is 127 Å². The molecule has 0 aliphatic rings. The van der Waals surface area contributed by atoms with Crippen molar-refractivity contribution in [2.24, 2.45) is 0 Å². The van der Waals surface area contributed by atoms with Gasteiger partial charge in [-0.15, -0.1) is 0 Å². The molecule has 150 valence electrons. The largest absolute Gasteiger partial charge is 0.312 e. The van der Waals surface area contributed by atoms with Crippen LogP contribution in [0.1, 0.15) is 12.0 Å². The molecule has 0 radical (unpaired) electrons. The van der Waals surface area contributed by atoms with E-state index in [1.165, 1.54) is 21.5 Å². The molecular formula is C28H28NP. The minimum Gasteiger partial charge on any atom is -0.312 e. The average molecular weight is 410 g/mol. The van der Waals surface area contributed by atoms with Crippen LogP contribution in [-0.4, -0.2) is 12.3 Å². The van der Waals surface area contributed by atoms with E-state index in [4.69, 9.17) is 0 Å². The Balaban J connectivity index is 1.70. The van der Waals surface area contributed by atoms with Crippen LogP contribution in [0.2, 0.25) is 0 Å². The minimum atomic E-state index is -1.83. The van der Waals surface area contributed by atoms with Crippen LogP contribution in [0.4, 0.5) is 0 Å². The summed E-state index contributed by atoms with van der Waals surface area (Å²) in [6.07, 6.45) is 1.01. The number of benzene rings is 4. The first kappa shape index (κ1) is 20.4. The maximum absolute atomic E-state index is 3.62. The van der Waals surface area contributed by atoms with E-state index in [0.717, 1.165) is 19.5 Å². The lowest BCUT2D eigenvalue weighted by Crippen LogP contribution is -2.27. The second-order valence-corrected chi connectivity index (χ2v) is 10.7. The van der Waals surface area contributed by atoms with Crippen molar-refractivity contribution in [3.05, 3.63) is 127 Å². The van der Waals surface area contributed by atoms with E-state index in [1.54, 1.807) is 0 Å². The Morgan fingerprint density at radius 1 is 0.533 bits per heavy atom. The molecule has 0 fully saturated rings. The summed E-state index contributed by atoms with van der Waals surface area (Å²) in [5.74, 6) is 2.59. The molecule has 0 saturated carbocycles. The summed E-state index contributed by atoms with van der Waals surface area (Å²) < 4.78 is 0. The molecule has 0 atom stereocenters. The number of hydrogen-bond acceptors (Lipinski definition) is 1. The van der Waals surface area contributed by atoms with E-state index in [2.05, 4.69) is 132 Å². The molecule has 0 aliphatic heterocycles. The van der Waals surface area contributed by atoms with Gasteiger partial charge in [-0.3, -0.25) is 0 Å². The summed E-state index contributed by atoms with van der Waals surface area (Å²) in [7, 11) is 0. The summed E-state index contributed by atoms with van der Waals surface area (Å²) in [4.78, 5) is 0. The van der Waals surface area contributed by atoms with E-state index in [0.29, 0.717) is 0 Å². The van der Waals surface area contributed by atoms with Gasteiger partial charge in [0.25, 0.3) is 0 Å². The SMILES string of the molecule is C(CCNCc1ccccc1)=P(c1ccccc1)(c1ccccc1)c1ccccc1. The molecule has 1 N–H and O–H groups in total. The van der Waals surface area contributed by atoms with Crippen molar-refractivity contribution in [1.82, 2.24) is 5.32 Å². The number of nitrogens with one attached hydrogen (secondary N) is 1. The molecule has 0 amide bonds. The highest BCUT2D eigenvalue weighted by Gasteiger charge is 2.24. The fraction of sp³-hybridized carbons (Fsp3) is 0.107. The first-order chi connectivity index (χ1) is 14.9.